The minimum absolute atomic E-state index is 0.355. The molecule has 0 heterocycles. The van der Waals surface area contributed by atoms with Gasteiger partial charge in [-0.15, -0.1) is 0 Å². The Morgan fingerprint density at radius 2 is 1.90 bits per heavy atom. The molecule has 2 aromatic rings. The zero-order chi connectivity index (χ0) is 14.4. The highest BCUT2D eigenvalue weighted by Crippen LogP contribution is 2.17. The Hall–Kier alpha value is -1.32. The molecule has 3 heteroatoms. The molecule has 0 aliphatic carbocycles. The van der Waals surface area contributed by atoms with Crippen LogP contribution in [0.3, 0.4) is 0 Å². The Morgan fingerprint density at radius 1 is 1.15 bits per heavy atom. The summed E-state index contributed by atoms with van der Waals surface area (Å²) in [4.78, 5) is 0. The van der Waals surface area contributed by atoms with Gasteiger partial charge in [0.1, 0.15) is 5.75 Å². The summed E-state index contributed by atoms with van der Waals surface area (Å²) >= 11 is 3.46. The molecule has 0 aromatic heterocycles. The van der Waals surface area contributed by atoms with Crippen LogP contribution in [0.5, 0.6) is 5.75 Å². The Labute approximate surface area is 129 Å². The number of benzene rings is 2. The molecule has 106 valence electrons. The van der Waals surface area contributed by atoms with Gasteiger partial charge in [0.15, 0.2) is 0 Å². The van der Waals surface area contributed by atoms with Crippen LogP contribution in [-0.2, 0) is 6.42 Å². The van der Waals surface area contributed by atoms with Gasteiger partial charge >= 0.3 is 0 Å². The van der Waals surface area contributed by atoms with E-state index in [1.54, 1.807) is 7.11 Å². The maximum absolute atomic E-state index is 5.24. The van der Waals surface area contributed by atoms with Gasteiger partial charge < -0.3 is 10.1 Å². The molecule has 2 rings (SSSR count). The fourth-order valence-electron chi connectivity index (χ4n) is 2.13. The van der Waals surface area contributed by atoms with Gasteiger partial charge in [-0.1, -0.05) is 40.2 Å². The third-order valence-electron chi connectivity index (χ3n) is 3.37. The van der Waals surface area contributed by atoms with Crippen molar-refractivity contribution in [1.82, 2.24) is 5.32 Å². The second-order valence-corrected chi connectivity index (χ2v) is 5.74. The lowest BCUT2D eigenvalue weighted by molar-refractivity contribution is 0.414. The van der Waals surface area contributed by atoms with E-state index in [0.717, 1.165) is 23.2 Å². The maximum atomic E-state index is 5.24. The predicted octanol–water partition coefficient (Wildman–Crippen LogP) is 4.35. The fraction of sp³-hybridized carbons (Fsp3) is 0.294. The average Bonchev–Trinajstić information content (AvgIpc) is 2.48. The van der Waals surface area contributed by atoms with Crippen molar-refractivity contribution in [3.63, 3.8) is 0 Å². The number of halogens is 1. The third kappa shape index (κ3) is 4.36. The van der Waals surface area contributed by atoms with Crippen molar-refractivity contribution in [2.75, 3.05) is 13.7 Å². The molecule has 0 aliphatic heterocycles. The van der Waals surface area contributed by atoms with E-state index in [1.165, 1.54) is 11.1 Å². The van der Waals surface area contributed by atoms with Crippen molar-refractivity contribution in [1.29, 1.82) is 0 Å². The van der Waals surface area contributed by atoms with Crippen LogP contribution >= 0.6 is 15.9 Å². The van der Waals surface area contributed by atoms with Gasteiger partial charge in [-0.05, 0) is 55.3 Å². The van der Waals surface area contributed by atoms with Gasteiger partial charge in [-0.3, -0.25) is 0 Å². The van der Waals surface area contributed by atoms with Crippen molar-refractivity contribution < 1.29 is 4.74 Å². The molecule has 0 saturated heterocycles. The Balaban J connectivity index is 1.84. The zero-order valence-electron chi connectivity index (χ0n) is 11.9. The molecule has 20 heavy (non-hydrogen) atoms. The van der Waals surface area contributed by atoms with Crippen molar-refractivity contribution in [2.24, 2.45) is 0 Å². The maximum Gasteiger partial charge on any atom is 0.119 e. The molecule has 0 radical (unpaired) electrons. The van der Waals surface area contributed by atoms with E-state index in [4.69, 9.17) is 4.74 Å². The number of ether oxygens (including phenoxy) is 1. The Morgan fingerprint density at radius 3 is 2.60 bits per heavy atom. The van der Waals surface area contributed by atoms with Crippen LogP contribution in [0.2, 0.25) is 0 Å². The van der Waals surface area contributed by atoms with E-state index >= 15 is 0 Å². The third-order valence-corrected chi connectivity index (χ3v) is 3.90. The monoisotopic (exact) mass is 333 g/mol. The van der Waals surface area contributed by atoms with Crippen LogP contribution in [-0.4, -0.2) is 13.7 Å². The summed E-state index contributed by atoms with van der Waals surface area (Å²) in [5.74, 6) is 0.920. The molecule has 0 bridgehead atoms. The van der Waals surface area contributed by atoms with Crippen molar-refractivity contribution in [2.45, 2.75) is 19.4 Å². The normalized spacial score (nSPS) is 12.2. The summed E-state index contributed by atoms with van der Waals surface area (Å²) < 4.78 is 6.35. The molecule has 0 fully saturated rings. The summed E-state index contributed by atoms with van der Waals surface area (Å²) in [6.07, 6.45) is 0.998. The lowest BCUT2D eigenvalue weighted by atomic mass is 10.1. The summed E-state index contributed by atoms with van der Waals surface area (Å²) in [5.41, 5.74) is 2.60. The number of hydrogen-bond donors (Lipinski definition) is 1. The molecule has 2 nitrogen and oxygen atoms in total. The summed E-state index contributed by atoms with van der Waals surface area (Å²) in [7, 11) is 1.70. The standard InChI is InChI=1S/C17H20BrNO/c1-13(15-6-8-16(18)9-7-15)19-11-10-14-4-3-5-17(12-14)20-2/h3-9,12-13,19H,10-11H2,1-2H3. The highest BCUT2D eigenvalue weighted by molar-refractivity contribution is 9.10. The van der Waals surface area contributed by atoms with Crippen LogP contribution in [0.1, 0.15) is 24.1 Å². The molecular weight excluding hydrogens is 314 g/mol. The van der Waals surface area contributed by atoms with Gasteiger partial charge in [-0.25, -0.2) is 0 Å². The molecule has 1 unspecified atom stereocenters. The smallest absolute Gasteiger partial charge is 0.119 e. The summed E-state index contributed by atoms with van der Waals surface area (Å²) in [6.45, 7) is 3.14. The van der Waals surface area contributed by atoms with E-state index in [9.17, 15) is 0 Å². The number of hydrogen-bond acceptors (Lipinski definition) is 2. The largest absolute Gasteiger partial charge is 0.497 e. The summed E-state index contributed by atoms with van der Waals surface area (Å²) in [5, 5.41) is 3.55. The van der Waals surface area contributed by atoms with E-state index in [0.29, 0.717) is 6.04 Å². The van der Waals surface area contributed by atoms with E-state index in [2.05, 4.69) is 64.6 Å². The fourth-order valence-corrected chi connectivity index (χ4v) is 2.39. The van der Waals surface area contributed by atoms with E-state index in [1.807, 2.05) is 12.1 Å². The average molecular weight is 334 g/mol. The molecule has 0 aliphatic rings. The predicted molar refractivity (Wildman–Crippen MR) is 87.3 cm³/mol. The topological polar surface area (TPSA) is 21.3 Å². The van der Waals surface area contributed by atoms with Crippen molar-refractivity contribution in [3.8, 4) is 5.75 Å². The van der Waals surface area contributed by atoms with Crippen LogP contribution in [0.25, 0.3) is 0 Å². The zero-order valence-corrected chi connectivity index (χ0v) is 13.5. The first kappa shape index (κ1) is 15.1. The number of rotatable bonds is 6. The molecule has 0 amide bonds. The van der Waals surface area contributed by atoms with Crippen molar-refractivity contribution in [3.05, 3.63) is 64.1 Å². The van der Waals surface area contributed by atoms with Gasteiger partial charge in [-0.2, -0.15) is 0 Å². The first-order valence-electron chi connectivity index (χ1n) is 6.81. The molecule has 0 saturated carbocycles. The van der Waals surface area contributed by atoms with Gasteiger partial charge in [0.25, 0.3) is 0 Å². The minimum Gasteiger partial charge on any atom is -0.497 e. The lowest BCUT2D eigenvalue weighted by Gasteiger charge is -2.14. The quantitative estimate of drug-likeness (QED) is 0.848. The van der Waals surface area contributed by atoms with Crippen LogP contribution in [0.4, 0.5) is 0 Å². The summed E-state index contributed by atoms with van der Waals surface area (Å²) in [6, 6.07) is 17.0. The lowest BCUT2D eigenvalue weighted by Crippen LogP contribution is -2.21. The van der Waals surface area contributed by atoms with E-state index < -0.39 is 0 Å². The molecule has 2 aromatic carbocycles. The molecule has 0 spiro atoms. The minimum atomic E-state index is 0.355. The molecule has 1 N–H and O–H groups in total. The Bertz CT molecular complexity index is 539. The van der Waals surface area contributed by atoms with Crippen molar-refractivity contribution >= 4 is 15.9 Å². The van der Waals surface area contributed by atoms with Gasteiger partial charge in [0.05, 0.1) is 7.11 Å². The highest BCUT2D eigenvalue weighted by Gasteiger charge is 2.04. The van der Waals surface area contributed by atoms with Crippen LogP contribution in [0.15, 0.2) is 53.0 Å². The number of methoxy groups -OCH3 is 1. The SMILES string of the molecule is COc1cccc(CCNC(C)c2ccc(Br)cc2)c1. The van der Waals surface area contributed by atoms with E-state index in [-0.39, 0.29) is 0 Å². The first-order chi connectivity index (χ1) is 9.69. The second-order valence-electron chi connectivity index (χ2n) is 4.83. The Kier molecular flexibility index (Phi) is 5.62. The molecular formula is C17H20BrNO. The highest BCUT2D eigenvalue weighted by atomic mass is 79.9. The van der Waals surface area contributed by atoms with Crippen LogP contribution < -0.4 is 10.1 Å². The van der Waals surface area contributed by atoms with Crippen LogP contribution in [0, 0.1) is 0 Å². The van der Waals surface area contributed by atoms with Gasteiger partial charge in [0, 0.05) is 10.5 Å². The first-order valence-corrected chi connectivity index (χ1v) is 7.60. The second kappa shape index (κ2) is 7.46. The molecule has 1 atom stereocenters. The van der Waals surface area contributed by atoms with Gasteiger partial charge in [0.2, 0.25) is 0 Å². The number of nitrogens with one attached hydrogen (secondary N) is 1.